The normalized spacial score (nSPS) is 18.4. The minimum atomic E-state index is -0.913. The number of rotatable bonds is 14. The van der Waals surface area contributed by atoms with Crippen molar-refractivity contribution < 1.29 is 24.8 Å². The SMILES string of the molecule is Cc1cn(C2CC(O)C(CO)O2)c(=O)n(CCCCCCn2c(=O)c(C)c(Sc3ccccc3)n(COCO)c2=O)c1=O. The summed E-state index contributed by atoms with van der Waals surface area (Å²) in [5.74, 6) is 0. The number of ether oxygens (including phenoxy) is 2. The smallest absolute Gasteiger partial charge is 0.333 e. The van der Waals surface area contributed by atoms with Crippen LogP contribution in [0.5, 0.6) is 0 Å². The molecule has 3 aromatic rings. The van der Waals surface area contributed by atoms with Crippen LogP contribution in [0.4, 0.5) is 0 Å². The van der Waals surface area contributed by atoms with Crippen molar-refractivity contribution in [1.82, 2.24) is 18.3 Å². The average molecular weight is 619 g/mol. The van der Waals surface area contributed by atoms with Gasteiger partial charge in [0.25, 0.3) is 11.1 Å². The standard InChI is InChI=1S/C29H38N4O9S/c1-19-15-32(24-14-22(36)23(16-34)42-24)28(39)30(25(19)37)12-8-3-4-9-13-31-26(38)20(2)27(33(29(31)40)17-41-18-35)43-21-10-6-5-7-11-21/h5-7,10-11,15,22-24,34-36H,3-4,8-9,12-14,16-18H2,1-2H3. The number of aromatic nitrogens is 4. The molecule has 2 aromatic heterocycles. The van der Waals surface area contributed by atoms with E-state index in [4.69, 9.17) is 14.6 Å². The molecule has 0 amide bonds. The molecule has 1 aromatic carbocycles. The second-order valence-corrected chi connectivity index (χ2v) is 11.5. The minimum Gasteiger partial charge on any atom is -0.394 e. The summed E-state index contributed by atoms with van der Waals surface area (Å²) in [6.07, 6.45) is 1.37. The lowest BCUT2D eigenvalue weighted by molar-refractivity contribution is -0.0464. The van der Waals surface area contributed by atoms with E-state index in [1.165, 1.54) is 31.7 Å². The summed E-state index contributed by atoms with van der Waals surface area (Å²) >= 11 is 1.28. The van der Waals surface area contributed by atoms with E-state index < -0.39 is 47.7 Å². The van der Waals surface area contributed by atoms with Crippen LogP contribution < -0.4 is 22.5 Å². The maximum atomic E-state index is 13.3. The third-order valence-corrected chi connectivity index (χ3v) is 8.67. The molecule has 0 radical (unpaired) electrons. The van der Waals surface area contributed by atoms with Gasteiger partial charge >= 0.3 is 11.4 Å². The number of aryl methyl sites for hydroxylation is 1. The molecule has 3 atom stereocenters. The number of benzene rings is 1. The molecule has 13 nitrogen and oxygen atoms in total. The monoisotopic (exact) mass is 618 g/mol. The molecule has 1 aliphatic rings. The van der Waals surface area contributed by atoms with E-state index in [-0.39, 0.29) is 32.8 Å². The van der Waals surface area contributed by atoms with Gasteiger partial charge in [-0.15, -0.1) is 0 Å². The Morgan fingerprint density at radius 3 is 2.16 bits per heavy atom. The predicted octanol–water partition coefficient (Wildman–Crippen LogP) is 0.927. The van der Waals surface area contributed by atoms with Gasteiger partial charge in [-0.1, -0.05) is 42.8 Å². The molecule has 1 aliphatic heterocycles. The molecule has 3 N–H and O–H groups in total. The molecule has 3 heterocycles. The lowest BCUT2D eigenvalue weighted by Crippen LogP contribution is -2.42. The molecule has 4 rings (SSSR count). The Morgan fingerprint density at radius 1 is 0.907 bits per heavy atom. The van der Waals surface area contributed by atoms with Crippen LogP contribution in [0.15, 0.2) is 65.6 Å². The lowest BCUT2D eigenvalue weighted by atomic mass is 10.2. The summed E-state index contributed by atoms with van der Waals surface area (Å²) in [6, 6.07) is 9.34. The first kappa shape index (κ1) is 32.6. The summed E-state index contributed by atoms with van der Waals surface area (Å²) in [4.78, 5) is 53.1. The van der Waals surface area contributed by atoms with Crippen LogP contribution in [0.3, 0.4) is 0 Å². The topological polar surface area (TPSA) is 167 Å². The second-order valence-electron chi connectivity index (χ2n) is 10.5. The molecule has 0 saturated carbocycles. The fraction of sp³-hybridized carbons (Fsp3) is 0.517. The van der Waals surface area contributed by atoms with Crippen LogP contribution in [0.2, 0.25) is 0 Å². The summed E-state index contributed by atoms with van der Waals surface area (Å²) in [5, 5.41) is 29.0. The highest BCUT2D eigenvalue weighted by Gasteiger charge is 2.35. The zero-order valence-electron chi connectivity index (χ0n) is 24.3. The van der Waals surface area contributed by atoms with Gasteiger partial charge in [0.1, 0.15) is 25.9 Å². The molecular formula is C29H38N4O9S. The average Bonchev–Trinajstić information content (AvgIpc) is 3.38. The highest BCUT2D eigenvalue weighted by Crippen LogP contribution is 2.28. The zero-order chi connectivity index (χ0) is 31.1. The first-order chi connectivity index (χ1) is 20.7. The van der Waals surface area contributed by atoms with Gasteiger partial charge < -0.3 is 24.8 Å². The predicted molar refractivity (Wildman–Crippen MR) is 158 cm³/mol. The van der Waals surface area contributed by atoms with Gasteiger partial charge in [-0.05, 0) is 38.8 Å². The number of hydrogen-bond donors (Lipinski definition) is 3. The Labute approximate surface area is 251 Å². The number of unbranched alkanes of at least 4 members (excludes halogenated alkanes) is 3. The molecule has 43 heavy (non-hydrogen) atoms. The van der Waals surface area contributed by atoms with E-state index in [0.717, 1.165) is 9.46 Å². The van der Waals surface area contributed by atoms with Crippen molar-refractivity contribution in [2.45, 2.75) is 94.1 Å². The summed E-state index contributed by atoms with van der Waals surface area (Å²) in [5.41, 5.74) is -1.12. The van der Waals surface area contributed by atoms with Crippen LogP contribution in [0.1, 0.15) is 49.5 Å². The number of aliphatic hydroxyl groups is 3. The summed E-state index contributed by atoms with van der Waals surface area (Å²) in [6.45, 7) is 2.45. The van der Waals surface area contributed by atoms with Crippen molar-refractivity contribution in [2.24, 2.45) is 0 Å². The maximum Gasteiger partial charge on any atom is 0.333 e. The molecule has 3 unspecified atom stereocenters. The fourth-order valence-corrected chi connectivity index (χ4v) is 6.09. The van der Waals surface area contributed by atoms with E-state index >= 15 is 0 Å². The highest BCUT2D eigenvalue weighted by molar-refractivity contribution is 7.99. The Kier molecular flexibility index (Phi) is 11.3. The van der Waals surface area contributed by atoms with E-state index in [2.05, 4.69) is 0 Å². The Morgan fingerprint density at radius 2 is 1.56 bits per heavy atom. The molecule has 1 saturated heterocycles. The van der Waals surface area contributed by atoms with Crippen LogP contribution in [-0.4, -0.2) is 59.2 Å². The van der Waals surface area contributed by atoms with Gasteiger partial charge in [0.2, 0.25) is 0 Å². The molecule has 234 valence electrons. The van der Waals surface area contributed by atoms with E-state index in [1.54, 1.807) is 13.8 Å². The van der Waals surface area contributed by atoms with Gasteiger partial charge in [0, 0.05) is 41.7 Å². The van der Waals surface area contributed by atoms with Crippen molar-refractivity contribution >= 4 is 11.8 Å². The van der Waals surface area contributed by atoms with Crippen molar-refractivity contribution in [3.8, 4) is 0 Å². The quantitative estimate of drug-likeness (QED) is 0.134. The van der Waals surface area contributed by atoms with Crippen molar-refractivity contribution in [3.05, 3.63) is 89.3 Å². The third kappa shape index (κ3) is 7.45. The summed E-state index contributed by atoms with van der Waals surface area (Å²) in [7, 11) is 0. The third-order valence-electron chi connectivity index (χ3n) is 7.44. The number of hydrogen-bond acceptors (Lipinski definition) is 10. The lowest BCUT2D eigenvalue weighted by Gasteiger charge is -2.18. The number of nitrogens with zero attached hydrogens (tertiary/aromatic N) is 4. The Bertz CT molecular complexity index is 1630. The maximum absolute atomic E-state index is 13.3. The Balaban J connectivity index is 1.41. The molecule has 0 spiro atoms. The van der Waals surface area contributed by atoms with Crippen molar-refractivity contribution in [2.75, 3.05) is 13.4 Å². The Hall–Kier alpha value is -3.27. The first-order valence-corrected chi connectivity index (χ1v) is 15.0. The van der Waals surface area contributed by atoms with Gasteiger partial charge in [0.05, 0.1) is 17.7 Å². The van der Waals surface area contributed by atoms with Crippen LogP contribution in [0, 0.1) is 13.8 Å². The second kappa shape index (κ2) is 14.9. The largest absolute Gasteiger partial charge is 0.394 e. The van der Waals surface area contributed by atoms with E-state index in [9.17, 15) is 29.4 Å². The molecule has 0 aliphatic carbocycles. The molecule has 14 heteroatoms. The number of aliphatic hydroxyl groups excluding tert-OH is 3. The first-order valence-electron chi connectivity index (χ1n) is 14.2. The summed E-state index contributed by atoms with van der Waals surface area (Å²) < 4.78 is 15.7. The van der Waals surface area contributed by atoms with Gasteiger partial charge in [-0.2, -0.15) is 0 Å². The van der Waals surface area contributed by atoms with Gasteiger partial charge in [-0.3, -0.25) is 27.9 Å². The van der Waals surface area contributed by atoms with Crippen molar-refractivity contribution in [1.29, 1.82) is 0 Å². The van der Waals surface area contributed by atoms with Crippen LogP contribution >= 0.6 is 11.8 Å². The van der Waals surface area contributed by atoms with Gasteiger partial charge in [-0.25, -0.2) is 9.59 Å². The molecule has 1 fully saturated rings. The van der Waals surface area contributed by atoms with Crippen molar-refractivity contribution in [3.63, 3.8) is 0 Å². The zero-order valence-corrected chi connectivity index (χ0v) is 25.1. The highest BCUT2D eigenvalue weighted by atomic mass is 32.2. The van der Waals surface area contributed by atoms with Crippen LogP contribution in [0.25, 0.3) is 0 Å². The van der Waals surface area contributed by atoms with E-state index in [1.807, 2.05) is 30.3 Å². The molecular weight excluding hydrogens is 580 g/mol. The molecule has 0 bridgehead atoms. The minimum absolute atomic E-state index is 0.126. The van der Waals surface area contributed by atoms with E-state index in [0.29, 0.717) is 41.8 Å². The van der Waals surface area contributed by atoms with Crippen LogP contribution in [-0.2, 0) is 29.3 Å². The van der Waals surface area contributed by atoms with Gasteiger partial charge in [0.15, 0.2) is 0 Å². The fourth-order valence-electron chi connectivity index (χ4n) is 5.10.